The summed E-state index contributed by atoms with van der Waals surface area (Å²) >= 11 is 7.00. The number of carboxylic acid groups (broad SMARTS) is 1. The monoisotopic (exact) mass is 447 g/mol. The summed E-state index contributed by atoms with van der Waals surface area (Å²) in [6.07, 6.45) is 0.780. The number of thiophene rings is 1. The maximum atomic E-state index is 12.9. The van der Waals surface area contributed by atoms with Gasteiger partial charge in [0.1, 0.15) is 9.75 Å². The topological polar surface area (TPSA) is 83.5 Å². The van der Waals surface area contributed by atoms with E-state index in [0.717, 1.165) is 27.3 Å². The Balaban J connectivity index is 1.54. The van der Waals surface area contributed by atoms with E-state index in [4.69, 9.17) is 11.6 Å². The Hall–Kier alpha value is -2.19. The minimum Gasteiger partial charge on any atom is -0.480 e. The van der Waals surface area contributed by atoms with Gasteiger partial charge in [0.15, 0.2) is 0 Å². The van der Waals surface area contributed by atoms with Crippen molar-refractivity contribution in [1.82, 2.24) is 4.72 Å². The van der Waals surface area contributed by atoms with Gasteiger partial charge in [-0.1, -0.05) is 54.1 Å². The average molecular weight is 448 g/mol. The molecule has 2 aromatic carbocycles. The summed E-state index contributed by atoms with van der Waals surface area (Å²) in [4.78, 5) is 12.7. The first-order valence-corrected chi connectivity index (χ1v) is 11.6. The van der Waals surface area contributed by atoms with Crippen LogP contribution in [-0.4, -0.2) is 25.0 Å². The normalized spacial score (nSPS) is 21.1. The quantitative estimate of drug-likeness (QED) is 0.561. The molecule has 3 aromatic rings. The Kier molecular flexibility index (Phi) is 5.25. The summed E-state index contributed by atoms with van der Waals surface area (Å²) in [5, 5.41) is 10.3. The van der Waals surface area contributed by atoms with Crippen LogP contribution in [0.2, 0.25) is 5.02 Å². The molecular weight excluding hydrogens is 430 g/mol. The molecule has 0 aliphatic heterocycles. The van der Waals surface area contributed by atoms with Crippen molar-refractivity contribution in [2.45, 2.75) is 22.6 Å². The van der Waals surface area contributed by atoms with Gasteiger partial charge in [0, 0.05) is 9.90 Å². The molecule has 1 fully saturated rings. The lowest BCUT2D eigenvalue weighted by molar-refractivity contribution is -0.140. The molecule has 0 saturated heterocycles. The number of aliphatic carboxylic acids is 1. The van der Waals surface area contributed by atoms with Crippen LogP contribution in [0, 0.1) is 5.92 Å². The second-order valence-electron chi connectivity index (χ2n) is 7.10. The van der Waals surface area contributed by atoms with E-state index < -0.39 is 21.5 Å². The Bertz CT molecular complexity index is 1140. The largest absolute Gasteiger partial charge is 0.480 e. The highest BCUT2D eigenvalue weighted by Gasteiger charge is 2.62. The third-order valence-electron chi connectivity index (χ3n) is 5.10. The van der Waals surface area contributed by atoms with Crippen molar-refractivity contribution in [2.75, 3.05) is 0 Å². The molecule has 2 atom stereocenters. The number of sulfonamides is 1. The van der Waals surface area contributed by atoms with Gasteiger partial charge in [-0.05, 0) is 54.2 Å². The van der Waals surface area contributed by atoms with Crippen molar-refractivity contribution in [2.24, 2.45) is 5.92 Å². The van der Waals surface area contributed by atoms with E-state index in [1.165, 1.54) is 6.07 Å². The van der Waals surface area contributed by atoms with Gasteiger partial charge in [-0.3, -0.25) is 4.79 Å². The Morgan fingerprint density at radius 1 is 1.10 bits per heavy atom. The van der Waals surface area contributed by atoms with Gasteiger partial charge < -0.3 is 5.11 Å². The number of halogens is 1. The zero-order chi connectivity index (χ0) is 20.6. The third-order valence-corrected chi connectivity index (χ3v) is 8.49. The van der Waals surface area contributed by atoms with E-state index in [0.29, 0.717) is 11.4 Å². The van der Waals surface area contributed by atoms with Crippen LogP contribution in [0.4, 0.5) is 0 Å². The van der Waals surface area contributed by atoms with E-state index >= 15 is 0 Å². The SMILES string of the molecule is O=C(O)C1(NS(=O)(=O)c2ccc(-c3ccc(Cl)cc3)s2)C[C@@H]1Cc1ccccc1. The Labute approximate surface area is 178 Å². The fraction of sp³-hybridized carbons (Fsp3) is 0.190. The predicted molar refractivity (Wildman–Crippen MR) is 114 cm³/mol. The number of carbonyl (C=O) groups is 1. The van der Waals surface area contributed by atoms with Crippen molar-refractivity contribution < 1.29 is 18.3 Å². The van der Waals surface area contributed by atoms with Crippen LogP contribution in [-0.2, 0) is 21.2 Å². The molecule has 5 nitrogen and oxygen atoms in total. The van der Waals surface area contributed by atoms with E-state index in [9.17, 15) is 18.3 Å². The molecular formula is C21H18ClNO4S2. The average Bonchev–Trinajstić information content (AvgIpc) is 3.14. The van der Waals surface area contributed by atoms with Crippen molar-refractivity contribution in [1.29, 1.82) is 0 Å². The first-order valence-electron chi connectivity index (χ1n) is 8.97. The van der Waals surface area contributed by atoms with E-state index in [2.05, 4.69) is 4.72 Å². The summed E-state index contributed by atoms with van der Waals surface area (Å²) in [6.45, 7) is 0. The molecule has 0 bridgehead atoms. The summed E-state index contributed by atoms with van der Waals surface area (Å²) in [5.74, 6) is -1.43. The van der Waals surface area contributed by atoms with Crippen molar-refractivity contribution in [3.05, 3.63) is 77.3 Å². The minimum absolute atomic E-state index is 0.0911. The van der Waals surface area contributed by atoms with Crippen LogP contribution in [0.5, 0.6) is 0 Å². The van der Waals surface area contributed by atoms with Gasteiger partial charge >= 0.3 is 5.97 Å². The number of hydrogen-bond donors (Lipinski definition) is 2. The second kappa shape index (κ2) is 7.57. The van der Waals surface area contributed by atoms with Gasteiger partial charge in [0.05, 0.1) is 0 Å². The summed E-state index contributed by atoms with van der Waals surface area (Å²) in [6, 6.07) is 19.8. The molecule has 1 aliphatic rings. The molecule has 1 aliphatic carbocycles. The van der Waals surface area contributed by atoms with E-state index in [1.807, 2.05) is 42.5 Å². The van der Waals surface area contributed by atoms with Crippen molar-refractivity contribution in [3.63, 3.8) is 0 Å². The standard InChI is InChI=1S/C21H18ClNO4S2/c22-17-8-6-15(7-9-17)18-10-11-19(28-18)29(26,27)23-21(20(24)25)13-16(21)12-14-4-2-1-3-5-14/h1-11,16,23H,12-13H2,(H,24,25)/t16-,21?/m0/s1. The highest BCUT2D eigenvalue weighted by atomic mass is 35.5. The molecule has 29 heavy (non-hydrogen) atoms. The van der Waals surface area contributed by atoms with Crippen molar-refractivity contribution >= 4 is 38.9 Å². The second-order valence-corrected chi connectivity index (χ2v) is 10.5. The lowest BCUT2D eigenvalue weighted by atomic mass is 10.1. The lowest BCUT2D eigenvalue weighted by Crippen LogP contribution is -2.44. The highest BCUT2D eigenvalue weighted by Crippen LogP contribution is 2.47. The van der Waals surface area contributed by atoms with Gasteiger partial charge in [-0.2, -0.15) is 4.72 Å². The minimum atomic E-state index is -3.96. The van der Waals surface area contributed by atoms with Crippen molar-refractivity contribution in [3.8, 4) is 10.4 Å². The molecule has 0 radical (unpaired) electrons. The Morgan fingerprint density at radius 2 is 1.79 bits per heavy atom. The third kappa shape index (κ3) is 4.09. The molecule has 1 saturated carbocycles. The number of rotatable bonds is 7. The number of nitrogens with one attached hydrogen (secondary N) is 1. The predicted octanol–water partition coefficient (Wildman–Crippen LogP) is 4.43. The summed E-state index contributed by atoms with van der Waals surface area (Å²) < 4.78 is 28.4. The first-order chi connectivity index (χ1) is 13.8. The fourth-order valence-electron chi connectivity index (χ4n) is 3.43. The van der Waals surface area contributed by atoms with Gasteiger partial charge in [0.25, 0.3) is 10.0 Å². The maximum absolute atomic E-state index is 12.9. The molecule has 2 N–H and O–H groups in total. The van der Waals surface area contributed by atoms with Crippen LogP contribution in [0.15, 0.2) is 70.9 Å². The molecule has 0 amide bonds. The zero-order valence-corrected chi connectivity index (χ0v) is 17.6. The Morgan fingerprint density at radius 3 is 2.45 bits per heavy atom. The molecule has 8 heteroatoms. The van der Waals surface area contributed by atoms with Gasteiger partial charge in [0.2, 0.25) is 0 Å². The first kappa shape index (κ1) is 20.1. The molecule has 1 aromatic heterocycles. The van der Waals surface area contributed by atoms with Crippen LogP contribution in [0.25, 0.3) is 10.4 Å². The zero-order valence-electron chi connectivity index (χ0n) is 15.2. The molecule has 1 heterocycles. The fourth-order valence-corrected chi connectivity index (χ4v) is 6.30. The smallest absolute Gasteiger partial charge is 0.325 e. The molecule has 150 valence electrons. The highest BCUT2D eigenvalue weighted by molar-refractivity contribution is 7.91. The van der Waals surface area contributed by atoms with Gasteiger partial charge in [-0.15, -0.1) is 11.3 Å². The van der Waals surface area contributed by atoms with E-state index in [-0.39, 0.29) is 16.5 Å². The molecule has 0 spiro atoms. The number of carboxylic acids is 1. The molecule has 1 unspecified atom stereocenters. The maximum Gasteiger partial charge on any atom is 0.325 e. The van der Waals surface area contributed by atoms with Gasteiger partial charge in [-0.25, -0.2) is 8.42 Å². The van der Waals surface area contributed by atoms with Crippen LogP contribution < -0.4 is 4.72 Å². The van der Waals surface area contributed by atoms with E-state index in [1.54, 1.807) is 18.2 Å². The van der Waals surface area contributed by atoms with Crippen LogP contribution in [0.1, 0.15) is 12.0 Å². The van der Waals surface area contributed by atoms with Crippen LogP contribution in [0.3, 0.4) is 0 Å². The number of benzene rings is 2. The molecule has 4 rings (SSSR count). The lowest BCUT2D eigenvalue weighted by Gasteiger charge is -2.14. The summed E-state index contributed by atoms with van der Waals surface area (Å²) in [5.41, 5.74) is 0.377. The number of hydrogen-bond acceptors (Lipinski definition) is 4. The van der Waals surface area contributed by atoms with Crippen LogP contribution >= 0.6 is 22.9 Å². The summed E-state index contributed by atoms with van der Waals surface area (Å²) in [7, 11) is -3.96.